The van der Waals surface area contributed by atoms with Gasteiger partial charge < -0.3 is 19.1 Å². The first-order chi connectivity index (χ1) is 7.90. The van der Waals surface area contributed by atoms with Crippen LogP contribution < -0.4 is 0 Å². The minimum Gasteiger partial charge on any atom is -0.471 e. The Morgan fingerprint density at radius 3 is 2.12 bits per heavy atom. The van der Waals surface area contributed by atoms with Crippen LogP contribution in [0.5, 0.6) is 0 Å². The third-order valence-corrected chi connectivity index (χ3v) is 1.76. The predicted molar refractivity (Wildman–Crippen MR) is 61.7 cm³/mol. The van der Waals surface area contributed by atoms with Gasteiger partial charge >= 0.3 is 6.09 Å². The first-order valence-corrected chi connectivity index (χ1v) is 5.43. The Bertz CT molecular complexity index is 231. The van der Waals surface area contributed by atoms with E-state index in [1.807, 2.05) is 20.8 Å². The molecule has 6 heteroatoms. The van der Waals surface area contributed by atoms with Gasteiger partial charge in [-0.25, -0.2) is 4.79 Å². The van der Waals surface area contributed by atoms with Gasteiger partial charge in [0.1, 0.15) is 5.60 Å². The molecule has 0 aliphatic carbocycles. The number of methoxy groups -OCH3 is 1. The second-order valence-electron chi connectivity index (χ2n) is 4.41. The zero-order valence-corrected chi connectivity index (χ0v) is 10.9. The fourth-order valence-corrected chi connectivity index (χ4v) is 1.07. The highest BCUT2D eigenvalue weighted by molar-refractivity contribution is 5.68. The molecule has 0 radical (unpaired) electrons. The Morgan fingerprint density at radius 1 is 1.29 bits per heavy atom. The average molecular weight is 247 g/mol. The van der Waals surface area contributed by atoms with E-state index >= 15 is 0 Å². The van der Waals surface area contributed by atoms with Gasteiger partial charge in [-0.2, -0.15) is 0 Å². The molecule has 1 fully saturated rings. The number of carbonyl (C=O) groups is 2. The van der Waals surface area contributed by atoms with Crippen molar-refractivity contribution in [2.45, 2.75) is 26.4 Å². The van der Waals surface area contributed by atoms with Crippen molar-refractivity contribution in [1.82, 2.24) is 4.90 Å². The summed E-state index contributed by atoms with van der Waals surface area (Å²) in [4.78, 5) is 22.1. The number of hydrogen-bond acceptors (Lipinski definition) is 5. The van der Waals surface area contributed by atoms with Crippen LogP contribution in [0.1, 0.15) is 20.8 Å². The lowest BCUT2D eigenvalue weighted by Gasteiger charge is -2.29. The van der Waals surface area contributed by atoms with Gasteiger partial charge in [-0.3, -0.25) is 4.79 Å². The summed E-state index contributed by atoms with van der Waals surface area (Å²) in [6.07, 6.45) is -0.240. The Labute approximate surface area is 102 Å². The highest BCUT2D eigenvalue weighted by Crippen LogP contribution is 2.10. The van der Waals surface area contributed by atoms with E-state index in [9.17, 15) is 4.79 Å². The zero-order chi connectivity index (χ0) is 13.3. The van der Waals surface area contributed by atoms with Crippen molar-refractivity contribution in [2.24, 2.45) is 0 Å². The van der Waals surface area contributed by atoms with Gasteiger partial charge in [0.2, 0.25) is 0 Å². The van der Waals surface area contributed by atoms with Crippen molar-refractivity contribution in [3.63, 3.8) is 0 Å². The normalized spacial score (nSPS) is 15.4. The molecule has 1 aliphatic heterocycles. The Morgan fingerprint density at radius 2 is 1.76 bits per heavy atom. The minimum absolute atomic E-state index is 0.240. The summed E-state index contributed by atoms with van der Waals surface area (Å²) in [7, 11) is 1.31. The van der Waals surface area contributed by atoms with Crippen molar-refractivity contribution in [3.05, 3.63) is 0 Å². The number of morpholine rings is 1. The maximum absolute atomic E-state index is 11.5. The van der Waals surface area contributed by atoms with Gasteiger partial charge in [-0.15, -0.1) is 0 Å². The second kappa shape index (κ2) is 7.89. The van der Waals surface area contributed by atoms with Crippen LogP contribution in [0.15, 0.2) is 0 Å². The largest absolute Gasteiger partial charge is 0.471 e. The number of ether oxygens (including phenoxy) is 3. The van der Waals surface area contributed by atoms with E-state index in [1.54, 1.807) is 4.90 Å². The van der Waals surface area contributed by atoms with Gasteiger partial charge in [-0.05, 0) is 20.8 Å². The molecule has 1 aliphatic rings. The monoisotopic (exact) mass is 247 g/mol. The van der Waals surface area contributed by atoms with Crippen LogP contribution in [0.3, 0.4) is 0 Å². The van der Waals surface area contributed by atoms with E-state index in [-0.39, 0.29) is 6.09 Å². The van der Waals surface area contributed by atoms with Crippen LogP contribution in [0, 0.1) is 0 Å². The van der Waals surface area contributed by atoms with E-state index in [0.29, 0.717) is 32.8 Å². The van der Waals surface area contributed by atoms with Gasteiger partial charge in [0, 0.05) is 13.1 Å². The van der Waals surface area contributed by atoms with E-state index < -0.39 is 5.60 Å². The third-order valence-electron chi connectivity index (χ3n) is 1.76. The van der Waals surface area contributed by atoms with Crippen LogP contribution in [-0.4, -0.2) is 56.5 Å². The molecule has 0 unspecified atom stereocenters. The van der Waals surface area contributed by atoms with E-state index in [0.717, 1.165) is 0 Å². The zero-order valence-electron chi connectivity index (χ0n) is 10.9. The lowest BCUT2D eigenvalue weighted by atomic mass is 10.2. The maximum atomic E-state index is 11.5. The van der Waals surface area contributed by atoms with Crippen molar-refractivity contribution >= 4 is 12.6 Å². The predicted octanol–water partition coefficient (Wildman–Crippen LogP) is 1.04. The molecule has 100 valence electrons. The SMILES string of the molecule is CC(C)(C)OC(=O)N1CCOCC1.COC=O. The molecule has 0 saturated carbocycles. The fraction of sp³-hybridized carbons (Fsp3) is 0.818. The molecular formula is C11H21NO5. The van der Waals surface area contributed by atoms with Crippen molar-refractivity contribution < 1.29 is 23.8 Å². The number of carbonyl (C=O) groups excluding carboxylic acids is 2. The lowest BCUT2D eigenvalue weighted by Crippen LogP contribution is -2.43. The molecule has 0 N–H and O–H groups in total. The number of amides is 1. The van der Waals surface area contributed by atoms with Crippen molar-refractivity contribution in [1.29, 1.82) is 0 Å². The summed E-state index contributed by atoms with van der Waals surface area (Å²) < 4.78 is 14.2. The molecule has 6 nitrogen and oxygen atoms in total. The van der Waals surface area contributed by atoms with Gasteiger partial charge in [0.05, 0.1) is 20.3 Å². The van der Waals surface area contributed by atoms with E-state index in [4.69, 9.17) is 14.3 Å². The topological polar surface area (TPSA) is 65.1 Å². The molecule has 0 bridgehead atoms. The molecule has 0 spiro atoms. The molecular weight excluding hydrogens is 226 g/mol. The van der Waals surface area contributed by atoms with Crippen LogP contribution >= 0.6 is 0 Å². The highest BCUT2D eigenvalue weighted by Gasteiger charge is 2.23. The van der Waals surface area contributed by atoms with Crippen LogP contribution in [0.2, 0.25) is 0 Å². The minimum atomic E-state index is -0.407. The van der Waals surface area contributed by atoms with E-state index in [2.05, 4.69) is 4.74 Å². The van der Waals surface area contributed by atoms with Crippen LogP contribution in [0.25, 0.3) is 0 Å². The molecule has 1 amide bonds. The summed E-state index contributed by atoms with van der Waals surface area (Å²) in [6, 6.07) is 0. The first-order valence-electron chi connectivity index (χ1n) is 5.43. The Balaban J connectivity index is 0.000000557. The molecule has 0 atom stereocenters. The summed E-state index contributed by atoms with van der Waals surface area (Å²) in [5, 5.41) is 0. The number of hydrogen-bond donors (Lipinski definition) is 0. The summed E-state index contributed by atoms with van der Waals surface area (Å²) in [5.74, 6) is 0. The van der Waals surface area contributed by atoms with Gasteiger partial charge in [0.15, 0.2) is 0 Å². The fourth-order valence-electron chi connectivity index (χ4n) is 1.07. The molecule has 0 aromatic carbocycles. The van der Waals surface area contributed by atoms with Gasteiger partial charge in [-0.1, -0.05) is 0 Å². The summed E-state index contributed by atoms with van der Waals surface area (Å²) in [6.45, 7) is 8.46. The summed E-state index contributed by atoms with van der Waals surface area (Å²) >= 11 is 0. The quantitative estimate of drug-likeness (QED) is 0.648. The van der Waals surface area contributed by atoms with Crippen molar-refractivity contribution in [3.8, 4) is 0 Å². The molecule has 0 aromatic rings. The van der Waals surface area contributed by atoms with Crippen molar-refractivity contribution in [2.75, 3.05) is 33.4 Å². The standard InChI is InChI=1S/C9H17NO3.C2H4O2/c1-9(2,3)13-8(11)10-4-6-12-7-5-10;1-4-2-3/h4-7H2,1-3H3;2H,1H3. The highest BCUT2D eigenvalue weighted by atomic mass is 16.6. The number of nitrogens with zero attached hydrogens (tertiary/aromatic N) is 1. The first kappa shape index (κ1) is 15.7. The Hall–Kier alpha value is -1.30. The molecule has 1 saturated heterocycles. The number of rotatable bonds is 1. The summed E-state index contributed by atoms with van der Waals surface area (Å²) in [5.41, 5.74) is -0.407. The van der Waals surface area contributed by atoms with E-state index in [1.165, 1.54) is 7.11 Å². The molecule has 0 aromatic heterocycles. The van der Waals surface area contributed by atoms with Crippen LogP contribution in [-0.2, 0) is 19.0 Å². The lowest BCUT2D eigenvalue weighted by molar-refractivity contribution is -0.126. The second-order valence-corrected chi connectivity index (χ2v) is 4.41. The molecule has 17 heavy (non-hydrogen) atoms. The maximum Gasteiger partial charge on any atom is 0.410 e. The Kier molecular flexibility index (Phi) is 7.29. The van der Waals surface area contributed by atoms with Gasteiger partial charge in [0.25, 0.3) is 6.47 Å². The van der Waals surface area contributed by atoms with Crippen LogP contribution in [0.4, 0.5) is 4.79 Å². The molecule has 1 heterocycles. The third kappa shape index (κ3) is 8.50. The molecule has 1 rings (SSSR count). The average Bonchev–Trinajstić information content (AvgIpc) is 2.28. The smallest absolute Gasteiger partial charge is 0.410 e.